The van der Waals surface area contributed by atoms with Crippen LogP contribution >= 0.6 is 0 Å². The number of aromatic nitrogens is 1. The highest BCUT2D eigenvalue weighted by atomic mass is 16.4. The lowest BCUT2D eigenvalue weighted by Crippen LogP contribution is -2.61. The Balaban J connectivity index is 2.26. The maximum atomic E-state index is 14.3. The van der Waals surface area contributed by atoms with Crippen LogP contribution in [0.1, 0.15) is 99.5 Å². The fourth-order valence-corrected chi connectivity index (χ4v) is 7.20. The Morgan fingerprint density at radius 1 is 0.929 bits per heavy atom. The van der Waals surface area contributed by atoms with E-state index in [1.165, 1.54) is 11.8 Å². The number of para-hydroxylation sites is 1. The highest BCUT2D eigenvalue weighted by Crippen LogP contribution is 2.35. The number of carbonyl (C=O) groups excluding carboxylic acids is 4. The molecule has 1 heterocycles. The maximum Gasteiger partial charge on any atom is 0.326 e. The van der Waals surface area contributed by atoms with E-state index in [0.717, 1.165) is 16.5 Å². The molecule has 1 aromatic heterocycles. The van der Waals surface area contributed by atoms with Crippen LogP contribution in [0.25, 0.3) is 10.9 Å². The number of rotatable bonds is 22. The molecule has 0 aliphatic rings. The monoisotopic (exact) mass is 782 g/mol. The predicted molar refractivity (Wildman–Crippen MR) is 218 cm³/mol. The highest BCUT2D eigenvalue weighted by molar-refractivity contribution is 5.96. The van der Waals surface area contributed by atoms with Crippen molar-refractivity contribution in [3.05, 3.63) is 47.7 Å². The fourth-order valence-electron chi connectivity index (χ4n) is 7.20. The van der Waals surface area contributed by atoms with Gasteiger partial charge in [0.25, 0.3) is 0 Å². The number of benzene rings is 1. The number of aryl methyl sites for hydroxylation is 1. The largest absolute Gasteiger partial charge is 0.481 e. The molecule has 0 spiro atoms. The van der Waals surface area contributed by atoms with Gasteiger partial charge in [-0.2, -0.15) is 0 Å². The molecule has 2 rings (SSSR count). The Morgan fingerprint density at radius 3 is 2.09 bits per heavy atom. The molecule has 14 heteroatoms. The molecule has 14 nitrogen and oxygen atoms in total. The third-order valence-corrected chi connectivity index (χ3v) is 10.7. The molecule has 56 heavy (non-hydrogen) atoms. The predicted octanol–water partition coefficient (Wildman–Crippen LogP) is 4.14. The standard InChI is InChI=1S/C42H66N6O8/c1-25(2)33(22-26(3)36(50)45-31(40(55)56)20-19-28(49)23-27(39(53)54)16-14-15-21-43)48(11)38(52)35(41(4,5)6)46-37(51)34(44-9)42(7,8)30-24-47(10)32-18-13-12-17-29(30)32/h12-13,17-18,22,24-25,27,31,33-35,44H,14-16,19-21,23,43H2,1-11H3,(H,45,50)(H,46,51)(H,53,54)(H,55,56)/b26-22+/t27-,31-,33-,34-,35-/m1/s1. The number of fused-ring (bicyclic) bond motifs is 1. The van der Waals surface area contributed by atoms with Crippen LogP contribution < -0.4 is 21.7 Å². The molecular formula is C42H66N6O8. The van der Waals surface area contributed by atoms with Gasteiger partial charge >= 0.3 is 11.9 Å². The second kappa shape index (κ2) is 20.6. The van der Waals surface area contributed by atoms with Crippen molar-refractivity contribution in [1.29, 1.82) is 0 Å². The first-order valence-electron chi connectivity index (χ1n) is 19.4. The molecule has 0 aliphatic heterocycles. The van der Waals surface area contributed by atoms with E-state index in [9.17, 15) is 39.0 Å². The Hall–Kier alpha value is -4.56. The second-order valence-electron chi connectivity index (χ2n) is 16.9. The van der Waals surface area contributed by atoms with E-state index >= 15 is 0 Å². The lowest BCUT2D eigenvalue weighted by atomic mass is 9.76. The van der Waals surface area contributed by atoms with Crippen LogP contribution in [0, 0.1) is 17.3 Å². The lowest BCUT2D eigenvalue weighted by molar-refractivity contribution is -0.144. The number of likely N-dealkylation sites (N-methyl/N-ethyl adjacent to an activating group) is 2. The van der Waals surface area contributed by atoms with Gasteiger partial charge in [0.2, 0.25) is 17.7 Å². The minimum atomic E-state index is -1.40. The summed E-state index contributed by atoms with van der Waals surface area (Å²) in [6.07, 6.45) is 4.44. The maximum absolute atomic E-state index is 14.3. The van der Waals surface area contributed by atoms with Gasteiger partial charge in [-0.25, -0.2) is 4.79 Å². The molecule has 0 aliphatic carbocycles. The smallest absolute Gasteiger partial charge is 0.326 e. The van der Waals surface area contributed by atoms with Crippen molar-refractivity contribution in [3.8, 4) is 0 Å². The van der Waals surface area contributed by atoms with Crippen LogP contribution in [-0.2, 0) is 41.2 Å². The van der Waals surface area contributed by atoms with E-state index in [1.54, 1.807) is 20.2 Å². The number of amides is 3. The third kappa shape index (κ3) is 12.5. The summed E-state index contributed by atoms with van der Waals surface area (Å²) in [5.74, 6) is -5.30. The molecule has 0 fully saturated rings. The first-order chi connectivity index (χ1) is 26.0. The molecule has 5 atom stereocenters. The Labute approximate surface area is 332 Å². The number of nitrogens with one attached hydrogen (secondary N) is 3. The Morgan fingerprint density at radius 2 is 1.55 bits per heavy atom. The molecule has 0 saturated carbocycles. The summed E-state index contributed by atoms with van der Waals surface area (Å²) >= 11 is 0. The number of carboxylic acid groups (broad SMARTS) is 2. The number of carbonyl (C=O) groups is 6. The average Bonchev–Trinajstić information content (AvgIpc) is 3.46. The summed E-state index contributed by atoms with van der Waals surface area (Å²) < 4.78 is 2.03. The summed E-state index contributed by atoms with van der Waals surface area (Å²) in [4.78, 5) is 79.7. The molecule has 312 valence electrons. The number of unbranched alkanes of at least 4 members (excludes halogenated alkanes) is 1. The summed E-state index contributed by atoms with van der Waals surface area (Å²) in [6, 6.07) is 4.33. The number of hydrogen-bond donors (Lipinski definition) is 6. The topological polar surface area (TPSA) is 213 Å². The van der Waals surface area contributed by atoms with Crippen molar-refractivity contribution in [2.45, 2.75) is 123 Å². The Kier molecular flexibility index (Phi) is 17.5. The SMILES string of the molecule is CN[C@H](C(=O)N[C@H](C(=O)N(C)[C@H](/C=C(\C)C(=O)N[C@H](CCC(=O)C[C@@H](CCCCN)C(=O)O)C(=O)O)C(C)C)C(C)(C)C)C(C)(C)c1cn(C)c2ccccc12. The van der Waals surface area contributed by atoms with Crippen LogP contribution in [0.15, 0.2) is 42.1 Å². The zero-order chi connectivity index (χ0) is 42.7. The summed E-state index contributed by atoms with van der Waals surface area (Å²) in [6.45, 7) is 15.3. The summed E-state index contributed by atoms with van der Waals surface area (Å²) in [5, 5.41) is 29.1. The highest BCUT2D eigenvalue weighted by Gasteiger charge is 2.42. The third-order valence-electron chi connectivity index (χ3n) is 10.7. The average molecular weight is 783 g/mol. The van der Waals surface area contributed by atoms with Crippen LogP contribution in [0.2, 0.25) is 0 Å². The van der Waals surface area contributed by atoms with Crippen molar-refractivity contribution in [2.24, 2.45) is 30.0 Å². The molecule has 0 bridgehead atoms. The first-order valence-corrected chi connectivity index (χ1v) is 19.4. The molecule has 0 saturated heterocycles. The van der Waals surface area contributed by atoms with E-state index in [1.807, 2.05) is 90.5 Å². The van der Waals surface area contributed by atoms with Crippen molar-refractivity contribution >= 4 is 46.3 Å². The molecule has 3 amide bonds. The molecule has 7 N–H and O–H groups in total. The van der Waals surface area contributed by atoms with Gasteiger partial charge in [0.05, 0.1) is 18.0 Å². The fraction of sp³-hybridized carbons (Fsp3) is 0.619. The molecule has 0 radical (unpaired) electrons. The first kappa shape index (κ1) is 47.6. The number of nitrogens with zero attached hydrogens (tertiary/aromatic N) is 2. The van der Waals surface area contributed by atoms with Gasteiger partial charge in [0.1, 0.15) is 17.9 Å². The van der Waals surface area contributed by atoms with Gasteiger partial charge in [0, 0.05) is 55.0 Å². The zero-order valence-corrected chi connectivity index (χ0v) is 35.2. The molecule has 1 aromatic carbocycles. The van der Waals surface area contributed by atoms with Crippen LogP contribution in [0.4, 0.5) is 0 Å². The number of aliphatic carboxylic acids is 2. The van der Waals surface area contributed by atoms with Gasteiger partial charge in [-0.3, -0.25) is 24.0 Å². The van der Waals surface area contributed by atoms with Crippen molar-refractivity contribution in [1.82, 2.24) is 25.4 Å². The van der Waals surface area contributed by atoms with Crippen molar-refractivity contribution < 1.29 is 39.0 Å². The van der Waals surface area contributed by atoms with Crippen LogP contribution in [0.5, 0.6) is 0 Å². The number of Topliss-reactive ketones (excluding diaryl/α,β-unsaturated/α-hetero) is 1. The van der Waals surface area contributed by atoms with Crippen LogP contribution in [-0.4, -0.2) is 99.9 Å². The quantitative estimate of drug-likeness (QED) is 0.0742. The number of carboxylic acids is 2. The number of ketones is 1. The number of hydrogen-bond acceptors (Lipinski definition) is 8. The van der Waals surface area contributed by atoms with Gasteiger partial charge < -0.3 is 41.4 Å². The normalized spacial score (nSPS) is 15.1. The van der Waals surface area contributed by atoms with E-state index in [-0.39, 0.29) is 42.6 Å². The minimum absolute atomic E-state index is 0.162. The van der Waals surface area contributed by atoms with E-state index in [0.29, 0.717) is 25.8 Å². The molecule has 2 aromatic rings. The van der Waals surface area contributed by atoms with E-state index in [2.05, 4.69) is 16.0 Å². The van der Waals surface area contributed by atoms with Gasteiger partial charge in [-0.1, -0.05) is 79.2 Å². The minimum Gasteiger partial charge on any atom is -0.481 e. The van der Waals surface area contributed by atoms with E-state index in [4.69, 9.17) is 5.73 Å². The molecule has 0 unspecified atom stereocenters. The van der Waals surface area contributed by atoms with Gasteiger partial charge in [-0.15, -0.1) is 0 Å². The summed E-state index contributed by atoms with van der Waals surface area (Å²) in [5.41, 5.74) is 6.28. The summed E-state index contributed by atoms with van der Waals surface area (Å²) in [7, 11) is 5.30. The number of nitrogens with two attached hydrogens (primary N) is 1. The lowest BCUT2D eigenvalue weighted by Gasteiger charge is -2.39. The second-order valence-corrected chi connectivity index (χ2v) is 16.9. The van der Waals surface area contributed by atoms with Crippen molar-refractivity contribution in [3.63, 3.8) is 0 Å². The van der Waals surface area contributed by atoms with E-state index < -0.39 is 64.5 Å². The zero-order valence-electron chi connectivity index (χ0n) is 35.2. The van der Waals surface area contributed by atoms with Crippen LogP contribution in [0.3, 0.4) is 0 Å². The molecular weight excluding hydrogens is 716 g/mol. The Bertz CT molecular complexity index is 1740. The van der Waals surface area contributed by atoms with Crippen molar-refractivity contribution in [2.75, 3.05) is 20.6 Å². The van der Waals surface area contributed by atoms with Gasteiger partial charge in [-0.05, 0) is 62.7 Å². The van der Waals surface area contributed by atoms with Gasteiger partial charge in [0.15, 0.2) is 0 Å².